The van der Waals surface area contributed by atoms with Crippen LogP contribution in [0.1, 0.15) is 25.7 Å². The van der Waals surface area contributed by atoms with Crippen molar-refractivity contribution < 1.29 is 4.79 Å². The first-order valence-corrected chi connectivity index (χ1v) is 9.19. The van der Waals surface area contributed by atoms with Gasteiger partial charge in [0.1, 0.15) is 0 Å². The predicted molar refractivity (Wildman–Crippen MR) is 92.1 cm³/mol. The summed E-state index contributed by atoms with van der Waals surface area (Å²) >= 11 is 1.64. The molecule has 0 unspecified atom stereocenters. The Labute approximate surface area is 135 Å². The molecule has 0 aromatic heterocycles. The van der Waals surface area contributed by atoms with E-state index in [2.05, 4.69) is 47.8 Å². The summed E-state index contributed by atoms with van der Waals surface area (Å²) in [5.74, 6) is 2.25. The highest BCUT2D eigenvalue weighted by molar-refractivity contribution is 8.00. The van der Waals surface area contributed by atoms with Crippen LogP contribution >= 0.6 is 11.8 Å². The minimum Gasteiger partial charge on any atom is -0.352 e. The summed E-state index contributed by atoms with van der Waals surface area (Å²) < 4.78 is 0. The third-order valence-corrected chi connectivity index (χ3v) is 5.67. The van der Waals surface area contributed by atoms with Crippen LogP contribution in [0.3, 0.4) is 0 Å². The molecule has 1 N–H and O–H groups in total. The molecule has 0 heterocycles. The van der Waals surface area contributed by atoms with E-state index in [-0.39, 0.29) is 5.91 Å². The Morgan fingerprint density at radius 3 is 2.41 bits per heavy atom. The third-order valence-electron chi connectivity index (χ3n) is 4.68. The average Bonchev–Trinajstić information content (AvgIpc) is 3.43. The monoisotopic (exact) mass is 311 g/mol. The highest BCUT2D eigenvalue weighted by atomic mass is 32.2. The van der Waals surface area contributed by atoms with Gasteiger partial charge in [-0.05, 0) is 60.4 Å². The van der Waals surface area contributed by atoms with Crippen LogP contribution in [0.5, 0.6) is 0 Å². The van der Waals surface area contributed by atoms with Crippen LogP contribution in [0.25, 0.3) is 10.8 Å². The van der Waals surface area contributed by atoms with Crippen molar-refractivity contribution in [3.8, 4) is 0 Å². The highest BCUT2D eigenvalue weighted by Crippen LogP contribution is 2.44. The summed E-state index contributed by atoms with van der Waals surface area (Å²) in [5.41, 5.74) is 0. The van der Waals surface area contributed by atoms with E-state index in [9.17, 15) is 4.79 Å². The maximum absolute atomic E-state index is 12.2. The van der Waals surface area contributed by atoms with Crippen molar-refractivity contribution in [2.24, 2.45) is 11.8 Å². The molecule has 114 valence electrons. The number of rotatable bonds is 6. The molecule has 0 saturated heterocycles. The number of hydrogen-bond acceptors (Lipinski definition) is 2. The van der Waals surface area contributed by atoms with E-state index in [4.69, 9.17) is 0 Å². The molecule has 3 heteroatoms. The van der Waals surface area contributed by atoms with Gasteiger partial charge in [-0.25, -0.2) is 0 Å². The number of fused-ring (bicyclic) bond motifs is 1. The van der Waals surface area contributed by atoms with Crippen LogP contribution in [0, 0.1) is 11.8 Å². The molecular formula is C19H21NOS. The molecule has 2 aliphatic carbocycles. The molecular weight excluding hydrogens is 290 g/mol. The lowest BCUT2D eigenvalue weighted by Gasteiger charge is -2.17. The van der Waals surface area contributed by atoms with E-state index in [1.807, 2.05) is 0 Å². The largest absolute Gasteiger partial charge is 0.352 e. The molecule has 22 heavy (non-hydrogen) atoms. The number of benzene rings is 2. The van der Waals surface area contributed by atoms with Gasteiger partial charge in [-0.3, -0.25) is 4.79 Å². The summed E-state index contributed by atoms with van der Waals surface area (Å²) in [6.45, 7) is 0. The molecule has 2 aromatic rings. The number of thioether (sulfide) groups is 1. The lowest BCUT2D eigenvalue weighted by Crippen LogP contribution is -2.39. The molecule has 4 rings (SSSR count). The van der Waals surface area contributed by atoms with Gasteiger partial charge in [0.25, 0.3) is 0 Å². The summed E-state index contributed by atoms with van der Waals surface area (Å²) in [6.07, 6.45) is 5.22. The zero-order chi connectivity index (χ0) is 14.9. The summed E-state index contributed by atoms with van der Waals surface area (Å²) in [4.78, 5) is 13.4. The molecule has 1 amide bonds. The normalized spacial score (nSPS) is 17.9. The fourth-order valence-corrected chi connectivity index (χ4v) is 3.92. The molecule has 2 saturated carbocycles. The van der Waals surface area contributed by atoms with Gasteiger partial charge in [0.15, 0.2) is 0 Å². The van der Waals surface area contributed by atoms with E-state index in [0.717, 1.165) is 11.8 Å². The number of carbonyl (C=O) groups is 1. The molecule has 0 radical (unpaired) electrons. The molecule has 2 fully saturated rings. The van der Waals surface area contributed by atoms with Crippen molar-refractivity contribution in [1.82, 2.24) is 5.32 Å². The predicted octanol–water partition coefficient (Wildman–Crippen LogP) is 4.24. The highest BCUT2D eigenvalue weighted by Gasteiger charge is 2.42. The first-order valence-electron chi connectivity index (χ1n) is 8.20. The van der Waals surface area contributed by atoms with E-state index in [1.54, 1.807) is 11.8 Å². The molecule has 0 spiro atoms. The van der Waals surface area contributed by atoms with Gasteiger partial charge in [0, 0.05) is 10.9 Å². The fourth-order valence-electron chi connectivity index (χ4n) is 3.16. The van der Waals surface area contributed by atoms with Crippen LogP contribution in [0.15, 0.2) is 47.4 Å². The second-order valence-corrected chi connectivity index (χ2v) is 7.61. The molecule has 0 atom stereocenters. The van der Waals surface area contributed by atoms with Gasteiger partial charge in [-0.1, -0.05) is 30.3 Å². The van der Waals surface area contributed by atoms with Crippen LogP contribution in [0.4, 0.5) is 0 Å². The van der Waals surface area contributed by atoms with Gasteiger partial charge in [-0.15, -0.1) is 11.8 Å². The fraction of sp³-hybridized carbons (Fsp3) is 0.421. The van der Waals surface area contributed by atoms with Gasteiger partial charge < -0.3 is 5.32 Å². The SMILES string of the molecule is O=C(CSc1ccc2ccccc2c1)NC(C1CC1)C1CC1. The lowest BCUT2D eigenvalue weighted by atomic mass is 10.1. The summed E-state index contributed by atoms with van der Waals surface area (Å²) in [7, 11) is 0. The van der Waals surface area contributed by atoms with Gasteiger partial charge in [0.05, 0.1) is 5.75 Å². The van der Waals surface area contributed by atoms with Gasteiger partial charge in [-0.2, -0.15) is 0 Å². The molecule has 2 aromatic carbocycles. The Bertz CT molecular complexity index is 679. The number of hydrogen-bond donors (Lipinski definition) is 1. The summed E-state index contributed by atoms with van der Waals surface area (Å²) in [5, 5.41) is 5.78. The van der Waals surface area contributed by atoms with Gasteiger partial charge in [0.2, 0.25) is 5.91 Å². The van der Waals surface area contributed by atoms with Crippen molar-refractivity contribution >= 4 is 28.4 Å². The van der Waals surface area contributed by atoms with Crippen LogP contribution in [-0.4, -0.2) is 17.7 Å². The van der Waals surface area contributed by atoms with E-state index in [1.165, 1.54) is 41.4 Å². The first-order chi connectivity index (χ1) is 10.8. The van der Waals surface area contributed by atoms with Crippen molar-refractivity contribution in [1.29, 1.82) is 0 Å². The van der Waals surface area contributed by atoms with Gasteiger partial charge >= 0.3 is 0 Å². The molecule has 2 aliphatic rings. The maximum atomic E-state index is 12.2. The summed E-state index contributed by atoms with van der Waals surface area (Å²) in [6, 6.07) is 15.2. The zero-order valence-electron chi connectivity index (χ0n) is 12.6. The van der Waals surface area contributed by atoms with Crippen molar-refractivity contribution in [2.75, 3.05) is 5.75 Å². The van der Waals surface area contributed by atoms with E-state index >= 15 is 0 Å². The van der Waals surface area contributed by atoms with E-state index in [0.29, 0.717) is 11.8 Å². The van der Waals surface area contributed by atoms with Crippen LogP contribution < -0.4 is 5.32 Å². The lowest BCUT2D eigenvalue weighted by molar-refractivity contribution is -0.119. The minimum absolute atomic E-state index is 0.196. The maximum Gasteiger partial charge on any atom is 0.230 e. The second-order valence-electron chi connectivity index (χ2n) is 6.57. The molecule has 2 nitrogen and oxygen atoms in total. The first kappa shape index (κ1) is 14.1. The average molecular weight is 311 g/mol. The Balaban J connectivity index is 1.35. The minimum atomic E-state index is 0.196. The quantitative estimate of drug-likeness (QED) is 0.809. The Hall–Kier alpha value is -1.48. The van der Waals surface area contributed by atoms with Crippen molar-refractivity contribution in [3.05, 3.63) is 42.5 Å². The molecule has 0 bridgehead atoms. The zero-order valence-corrected chi connectivity index (χ0v) is 13.4. The molecule has 0 aliphatic heterocycles. The Morgan fingerprint density at radius 1 is 1.05 bits per heavy atom. The van der Waals surface area contributed by atoms with Crippen molar-refractivity contribution in [2.45, 2.75) is 36.6 Å². The second kappa shape index (κ2) is 5.96. The number of carbonyl (C=O) groups excluding carboxylic acids is 1. The number of amides is 1. The third kappa shape index (κ3) is 3.30. The standard InChI is InChI=1S/C19H21NOS/c21-18(20-19(14-5-6-14)15-7-8-15)12-22-17-10-9-13-3-1-2-4-16(13)11-17/h1-4,9-11,14-15,19H,5-8,12H2,(H,20,21). The number of nitrogens with one attached hydrogen (secondary N) is 1. The Morgan fingerprint density at radius 2 is 1.73 bits per heavy atom. The van der Waals surface area contributed by atoms with Crippen LogP contribution in [0.2, 0.25) is 0 Å². The topological polar surface area (TPSA) is 29.1 Å². The Kier molecular flexibility index (Phi) is 3.83. The smallest absolute Gasteiger partial charge is 0.230 e. The van der Waals surface area contributed by atoms with Crippen LogP contribution in [-0.2, 0) is 4.79 Å². The van der Waals surface area contributed by atoms with Crippen molar-refractivity contribution in [3.63, 3.8) is 0 Å². The van der Waals surface area contributed by atoms with E-state index < -0.39 is 0 Å².